The van der Waals surface area contributed by atoms with Gasteiger partial charge >= 0.3 is 0 Å². The first kappa shape index (κ1) is 11.7. The van der Waals surface area contributed by atoms with Crippen molar-refractivity contribution in [2.24, 2.45) is 0 Å². The Morgan fingerprint density at radius 2 is 2.36 bits per heavy atom. The second-order valence-corrected chi connectivity index (χ2v) is 5.76. The van der Waals surface area contributed by atoms with E-state index in [1.54, 1.807) is 13.1 Å². The van der Waals surface area contributed by atoms with Crippen LogP contribution in [0.2, 0.25) is 0 Å². The minimum Gasteiger partial charge on any atom is -0.313 e. The summed E-state index contributed by atoms with van der Waals surface area (Å²) in [7, 11) is -1.52. The van der Waals surface area contributed by atoms with Crippen LogP contribution >= 0.6 is 0 Å². The zero-order valence-corrected chi connectivity index (χ0v) is 9.39. The van der Waals surface area contributed by atoms with E-state index in [9.17, 15) is 8.42 Å². The minimum atomic E-state index is -3.11. The number of likely N-dealkylation sites (N-methyl/N-ethyl adjacent to an activating group) is 1. The fraction of sp³-hybridized carbons (Fsp3) is 0.778. The van der Waals surface area contributed by atoms with Gasteiger partial charge in [-0.25, -0.2) is 12.7 Å². The number of sulfonamides is 1. The quantitative estimate of drug-likeness (QED) is 0.670. The van der Waals surface area contributed by atoms with Gasteiger partial charge in [-0.05, 0) is 19.4 Å². The van der Waals surface area contributed by atoms with Gasteiger partial charge in [0.1, 0.15) is 0 Å². The van der Waals surface area contributed by atoms with Gasteiger partial charge in [-0.15, -0.1) is 6.58 Å². The highest BCUT2D eigenvalue weighted by atomic mass is 32.2. The lowest BCUT2D eigenvalue weighted by Crippen LogP contribution is -2.37. The average molecular weight is 218 g/mol. The lowest BCUT2D eigenvalue weighted by molar-refractivity contribution is 0.489. The van der Waals surface area contributed by atoms with E-state index < -0.39 is 10.0 Å². The largest absolute Gasteiger partial charge is 0.313 e. The molecule has 0 amide bonds. The monoisotopic (exact) mass is 218 g/mol. The summed E-state index contributed by atoms with van der Waals surface area (Å²) in [5.74, 6) is 0.206. The smallest absolute Gasteiger partial charge is 0.215 e. The van der Waals surface area contributed by atoms with Crippen LogP contribution in [0.3, 0.4) is 0 Å². The van der Waals surface area contributed by atoms with Crippen LogP contribution in [0, 0.1) is 0 Å². The molecule has 1 fully saturated rings. The zero-order chi connectivity index (χ0) is 10.6. The summed E-state index contributed by atoms with van der Waals surface area (Å²) in [6.45, 7) is 4.84. The Bertz CT molecular complexity index is 281. The van der Waals surface area contributed by atoms with E-state index in [2.05, 4.69) is 11.9 Å². The molecule has 0 aromatic heterocycles. The number of hydrogen-bond donors (Lipinski definition) is 1. The maximum atomic E-state index is 11.7. The van der Waals surface area contributed by atoms with Crippen molar-refractivity contribution in [2.45, 2.75) is 18.9 Å². The van der Waals surface area contributed by atoms with E-state index >= 15 is 0 Å². The van der Waals surface area contributed by atoms with Crippen LogP contribution in [-0.2, 0) is 10.0 Å². The standard InChI is InChI=1S/C9H18N2O2S/c1-3-7-11(2)14(12,13)8-9-5-4-6-10-9/h3,9-10H,1,4-8H2,2H3. The summed E-state index contributed by atoms with van der Waals surface area (Å²) in [5, 5.41) is 3.18. The number of nitrogens with one attached hydrogen (secondary N) is 1. The molecule has 1 rings (SSSR count). The molecule has 1 N–H and O–H groups in total. The molecule has 0 radical (unpaired) electrons. The first-order valence-electron chi connectivity index (χ1n) is 4.84. The molecule has 0 aliphatic carbocycles. The van der Waals surface area contributed by atoms with E-state index in [0.717, 1.165) is 19.4 Å². The summed E-state index contributed by atoms with van der Waals surface area (Å²) in [6, 6.07) is 0.132. The lowest BCUT2D eigenvalue weighted by Gasteiger charge is -2.18. The van der Waals surface area contributed by atoms with E-state index in [1.807, 2.05) is 0 Å². The summed E-state index contributed by atoms with van der Waals surface area (Å²) in [5.41, 5.74) is 0. The summed E-state index contributed by atoms with van der Waals surface area (Å²) >= 11 is 0. The second kappa shape index (κ2) is 4.91. The van der Waals surface area contributed by atoms with Crippen LogP contribution in [0.15, 0.2) is 12.7 Å². The molecule has 82 valence electrons. The van der Waals surface area contributed by atoms with Crippen molar-refractivity contribution >= 4 is 10.0 Å². The third-order valence-electron chi connectivity index (χ3n) is 2.44. The van der Waals surface area contributed by atoms with E-state index in [1.165, 1.54) is 4.31 Å². The molecule has 4 nitrogen and oxygen atoms in total. The Kier molecular flexibility index (Phi) is 4.10. The van der Waals surface area contributed by atoms with Crippen LogP contribution < -0.4 is 5.32 Å². The number of rotatable bonds is 5. The molecule has 0 saturated carbocycles. The molecular weight excluding hydrogens is 200 g/mol. The van der Waals surface area contributed by atoms with Crippen molar-refractivity contribution in [2.75, 3.05) is 25.9 Å². The van der Waals surface area contributed by atoms with Crippen molar-refractivity contribution in [1.29, 1.82) is 0 Å². The normalized spacial score (nSPS) is 22.9. The topological polar surface area (TPSA) is 49.4 Å². The maximum absolute atomic E-state index is 11.7. The molecule has 1 heterocycles. The lowest BCUT2D eigenvalue weighted by atomic mass is 10.3. The first-order valence-corrected chi connectivity index (χ1v) is 6.45. The Morgan fingerprint density at radius 3 is 2.86 bits per heavy atom. The highest BCUT2D eigenvalue weighted by Crippen LogP contribution is 2.09. The van der Waals surface area contributed by atoms with Gasteiger partial charge in [0.2, 0.25) is 10.0 Å². The predicted octanol–water partition coefficient (Wildman–Crippen LogP) is 0.186. The SMILES string of the molecule is C=CCN(C)S(=O)(=O)CC1CCCN1. The molecule has 0 aromatic carbocycles. The Balaban J connectivity index is 2.51. The Morgan fingerprint density at radius 1 is 1.64 bits per heavy atom. The van der Waals surface area contributed by atoms with Gasteiger partial charge in [-0.3, -0.25) is 0 Å². The van der Waals surface area contributed by atoms with Gasteiger partial charge in [0.05, 0.1) is 5.75 Å². The minimum absolute atomic E-state index is 0.132. The molecule has 1 aliphatic rings. The van der Waals surface area contributed by atoms with Crippen molar-refractivity contribution in [3.8, 4) is 0 Å². The highest BCUT2D eigenvalue weighted by Gasteiger charge is 2.24. The van der Waals surface area contributed by atoms with Gasteiger partial charge in [0.15, 0.2) is 0 Å². The van der Waals surface area contributed by atoms with Gasteiger partial charge in [0, 0.05) is 19.6 Å². The molecule has 0 spiro atoms. The average Bonchev–Trinajstić information content (AvgIpc) is 2.56. The van der Waals surface area contributed by atoms with Crippen LogP contribution in [-0.4, -0.2) is 44.7 Å². The predicted molar refractivity (Wildman–Crippen MR) is 57.6 cm³/mol. The van der Waals surface area contributed by atoms with Gasteiger partial charge < -0.3 is 5.32 Å². The van der Waals surface area contributed by atoms with Crippen LogP contribution in [0.5, 0.6) is 0 Å². The molecule has 1 unspecified atom stereocenters. The number of hydrogen-bond acceptors (Lipinski definition) is 3. The van der Waals surface area contributed by atoms with Crippen molar-refractivity contribution in [1.82, 2.24) is 9.62 Å². The van der Waals surface area contributed by atoms with Crippen molar-refractivity contribution in [3.05, 3.63) is 12.7 Å². The third kappa shape index (κ3) is 3.08. The van der Waals surface area contributed by atoms with Gasteiger partial charge in [-0.2, -0.15) is 0 Å². The molecule has 14 heavy (non-hydrogen) atoms. The van der Waals surface area contributed by atoms with Crippen LogP contribution in [0.4, 0.5) is 0 Å². The van der Waals surface area contributed by atoms with Crippen LogP contribution in [0.1, 0.15) is 12.8 Å². The van der Waals surface area contributed by atoms with E-state index in [4.69, 9.17) is 0 Å². The fourth-order valence-corrected chi connectivity index (χ4v) is 2.96. The fourth-order valence-electron chi connectivity index (χ4n) is 1.58. The molecule has 5 heteroatoms. The number of nitrogens with zero attached hydrogens (tertiary/aromatic N) is 1. The first-order chi connectivity index (χ1) is 6.56. The van der Waals surface area contributed by atoms with Gasteiger partial charge in [-0.1, -0.05) is 6.08 Å². The van der Waals surface area contributed by atoms with E-state index in [-0.39, 0.29) is 11.8 Å². The summed E-state index contributed by atoms with van der Waals surface area (Å²) in [6.07, 6.45) is 3.63. The second-order valence-electron chi connectivity index (χ2n) is 3.64. The maximum Gasteiger partial charge on any atom is 0.215 e. The Labute approximate surface area is 86.0 Å². The summed E-state index contributed by atoms with van der Waals surface area (Å²) in [4.78, 5) is 0. The molecule has 0 aromatic rings. The Hall–Kier alpha value is -0.390. The third-order valence-corrected chi connectivity index (χ3v) is 4.36. The van der Waals surface area contributed by atoms with Gasteiger partial charge in [0.25, 0.3) is 0 Å². The molecule has 1 aliphatic heterocycles. The van der Waals surface area contributed by atoms with E-state index in [0.29, 0.717) is 6.54 Å². The molecule has 0 bridgehead atoms. The molecule has 1 atom stereocenters. The highest BCUT2D eigenvalue weighted by molar-refractivity contribution is 7.89. The van der Waals surface area contributed by atoms with Crippen molar-refractivity contribution < 1.29 is 8.42 Å². The summed E-state index contributed by atoms with van der Waals surface area (Å²) < 4.78 is 24.8. The van der Waals surface area contributed by atoms with Crippen LogP contribution in [0.25, 0.3) is 0 Å². The zero-order valence-electron chi connectivity index (χ0n) is 8.57. The van der Waals surface area contributed by atoms with Crippen molar-refractivity contribution in [3.63, 3.8) is 0 Å². The molecular formula is C9H18N2O2S. The molecule has 1 saturated heterocycles.